The first-order valence-electron chi connectivity index (χ1n) is 7.84. The Bertz CT molecular complexity index is 708. The number of benzene rings is 1. The molecular formula is C18H18N4O. The number of carbonyl (C=O) groups is 1. The van der Waals surface area contributed by atoms with Crippen LogP contribution < -0.4 is 0 Å². The van der Waals surface area contributed by atoms with E-state index in [1.807, 2.05) is 6.07 Å². The standard InChI is InChI=1S/C18H18N4O/c19-11-15-3-1-2-14(10-15)4-7-18(23)21-8-9-22(16-5-6-16)17(12-20)13-21/h1-4,7,10,16-17H,5-6,8-9,13H2/b7-4+. The van der Waals surface area contributed by atoms with Gasteiger partial charge in [0.1, 0.15) is 6.04 Å². The zero-order valence-electron chi connectivity index (χ0n) is 12.9. The third kappa shape index (κ3) is 3.59. The number of nitrogens with zero attached hydrogens (tertiary/aromatic N) is 4. The maximum atomic E-state index is 12.3. The highest BCUT2D eigenvalue weighted by molar-refractivity contribution is 5.92. The molecule has 116 valence electrons. The number of rotatable bonds is 3. The van der Waals surface area contributed by atoms with Gasteiger partial charge in [0.05, 0.1) is 17.7 Å². The summed E-state index contributed by atoms with van der Waals surface area (Å²) in [5, 5.41) is 18.2. The lowest BCUT2D eigenvalue weighted by atomic mass is 10.1. The highest BCUT2D eigenvalue weighted by Crippen LogP contribution is 2.30. The molecule has 1 saturated carbocycles. The summed E-state index contributed by atoms with van der Waals surface area (Å²) < 4.78 is 0. The molecule has 5 heteroatoms. The minimum atomic E-state index is -0.199. The Morgan fingerprint density at radius 3 is 2.78 bits per heavy atom. The van der Waals surface area contributed by atoms with Crippen molar-refractivity contribution in [2.24, 2.45) is 0 Å². The van der Waals surface area contributed by atoms with Gasteiger partial charge in [0.25, 0.3) is 0 Å². The molecular weight excluding hydrogens is 288 g/mol. The van der Waals surface area contributed by atoms with Crippen molar-refractivity contribution in [1.82, 2.24) is 9.80 Å². The van der Waals surface area contributed by atoms with E-state index >= 15 is 0 Å². The van der Waals surface area contributed by atoms with Crippen LogP contribution in [-0.4, -0.2) is 47.4 Å². The molecule has 0 bridgehead atoms. The van der Waals surface area contributed by atoms with Crippen LogP contribution in [-0.2, 0) is 4.79 Å². The first-order chi connectivity index (χ1) is 11.2. The van der Waals surface area contributed by atoms with Gasteiger partial charge in [0, 0.05) is 31.8 Å². The van der Waals surface area contributed by atoms with Crippen molar-refractivity contribution in [2.75, 3.05) is 19.6 Å². The Morgan fingerprint density at radius 2 is 2.09 bits per heavy atom. The highest BCUT2D eigenvalue weighted by Gasteiger charge is 2.38. The van der Waals surface area contributed by atoms with E-state index < -0.39 is 0 Å². The maximum absolute atomic E-state index is 12.3. The predicted molar refractivity (Wildman–Crippen MR) is 85.9 cm³/mol. The molecule has 0 spiro atoms. The molecule has 1 unspecified atom stereocenters. The smallest absolute Gasteiger partial charge is 0.246 e. The number of carbonyl (C=O) groups excluding carboxylic acids is 1. The maximum Gasteiger partial charge on any atom is 0.246 e. The zero-order chi connectivity index (χ0) is 16.2. The number of hydrogen-bond acceptors (Lipinski definition) is 4. The summed E-state index contributed by atoms with van der Waals surface area (Å²) in [5.74, 6) is -0.0805. The Labute approximate surface area is 136 Å². The summed E-state index contributed by atoms with van der Waals surface area (Å²) in [5.41, 5.74) is 1.40. The van der Waals surface area contributed by atoms with Gasteiger partial charge in [-0.25, -0.2) is 0 Å². The number of hydrogen-bond donors (Lipinski definition) is 0. The van der Waals surface area contributed by atoms with E-state index in [4.69, 9.17) is 5.26 Å². The molecule has 23 heavy (non-hydrogen) atoms. The van der Waals surface area contributed by atoms with Crippen LogP contribution >= 0.6 is 0 Å². The summed E-state index contributed by atoms with van der Waals surface area (Å²) in [6, 6.07) is 11.9. The summed E-state index contributed by atoms with van der Waals surface area (Å²) >= 11 is 0. The van der Waals surface area contributed by atoms with Crippen LogP contribution in [0.15, 0.2) is 30.3 Å². The number of piperazine rings is 1. The Hall–Kier alpha value is -2.63. The van der Waals surface area contributed by atoms with Crippen LogP contribution in [0.3, 0.4) is 0 Å². The minimum Gasteiger partial charge on any atom is -0.335 e. The molecule has 1 aromatic carbocycles. The molecule has 0 N–H and O–H groups in total. The molecule has 1 saturated heterocycles. The van der Waals surface area contributed by atoms with Crippen LogP contribution in [0.25, 0.3) is 6.08 Å². The second kappa shape index (κ2) is 6.64. The van der Waals surface area contributed by atoms with Gasteiger partial charge in [-0.15, -0.1) is 0 Å². The second-order valence-electron chi connectivity index (χ2n) is 5.97. The predicted octanol–water partition coefficient (Wildman–Crippen LogP) is 1.77. The first kappa shape index (κ1) is 15.3. The van der Waals surface area contributed by atoms with Crippen LogP contribution in [0.4, 0.5) is 0 Å². The van der Waals surface area contributed by atoms with E-state index in [0.717, 1.165) is 12.1 Å². The van der Waals surface area contributed by atoms with Gasteiger partial charge in [0.15, 0.2) is 0 Å². The lowest BCUT2D eigenvalue weighted by molar-refractivity contribution is -0.128. The third-order valence-corrected chi connectivity index (χ3v) is 4.33. The fourth-order valence-electron chi connectivity index (χ4n) is 2.94. The van der Waals surface area contributed by atoms with Gasteiger partial charge in [-0.2, -0.15) is 10.5 Å². The summed E-state index contributed by atoms with van der Waals surface area (Å²) in [7, 11) is 0. The van der Waals surface area contributed by atoms with Crippen LogP contribution in [0, 0.1) is 22.7 Å². The van der Waals surface area contributed by atoms with Crippen molar-refractivity contribution in [2.45, 2.75) is 24.9 Å². The van der Waals surface area contributed by atoms with Crippen molar-refractivity contribution < 1.29 is 4.79 Å². The van der Waals surface area contributed by atoms with Crippen molar-refractivity contribution in [3.63, 3.8) is 0 Å². The van der Waals surface area contributed by atoms with Gasteiger partial charge >= 0.3 is 0 Å². The van der Waals surface area contributed by atoms with Crippen molar-refractivity contribution in [3.05, 3.63) is 41.5 Å². The van der Waals surface area contributed by atoms with Gasteiger partial charge in [-0.1, -0.05) is 12.1 Å². The quantitative estimate of drug-likeness (QED) is 0.798. The van der Waals surface area contributed by atoms with Crippen molar-refractivity contribution >= 4 is 12.0 Å². The van der Waals surface area contributed by atoms with E-state index in [1.165, 1.54) is 18.9 Å². The zero-order valence-corrected chi connectivity index (χ0v) is 12.9. The molecule has 1 aliphatic heterocycles. The van der Waals surface area contributed by atoms with E-state index in [1.54, 1.807) is 29.2 Å². The molecule has 0 aromatic heterocycles. The minimum absolute atomic E-state index is 0.0805. The summed E-state index contributed by atoms with van der Waals surface area (Å²) in [6.07, 6.45) is 5.58. The molecule has 3 rings (SSSR count). The van der Waals surface area contributed by atoms with Gasteiger partial charge in [-0.3, -0.25) is 9.69 Å². The van der Waals surface area contributed by atoms with Crippen molar-refractivity contribution in [1.29, 1.82) is 10.5 Å². The molecule has 1 heterocycles. The molecule has 1 amide bonds. The lowest BCUT2D eigenvalue weighted by Crippen LogP contribution is -2.54. The second-order valence-corrected chi connectivity index (χ2v) is 5.97. The Morgan fingerprint density at radius 1 is 1.26 bits per heavy atom. The molecule has 2 aliphatic rings. The molecule has 1 aromatic rings. The number of amides is 1. The number of nitriles is 2. The van der Waals surface area contributed by atoms with E-state index in [9.17, 15) is 10.1 Å². The molecule has 1 atom stereocenters. The van der Waals surface area contributed by atoms with E-state index in [0.29, 0.717) is 24.7 Å². The van der Waals surface area contributed by atoms with Gasteiger partial charge < -0.3 is 4.90 Å². The fourth-order valence-corrected chi connectivity index (χ4v) is 2.94. The SMILES string of the molecule is N#Cc1cccc(/C=C/C(=O)N2CCN(C3CC3)C(C#N)C2)c1. The first-order valence-corrected chi connectivity index (χ1v) is 7.84. The third-order valence-electron chi connectivity index (χ3n) is 4.33. The van der Waals surface area contributed by atoms with Crippen LogP contribution in [0.1, 0.15) is 24.0 Å². The normalized spacial score (nSPS) is 21.8. The van der Waals surface area contributed by atoms with E-state index in [-0.39, 0.29) is 11.9 Å². The topological polar surface area (TPSA) is 71.1 Å². The van der Waals surface area contributed by atoms with Gasteiger partial charge in [0.2, 0.25) is 5.91 Å². The van der Waals surface area contributed by atoms with Gasteiger partial charge in [-0.05, 0) is 36.6 Å². The summed E-state index contributed by atoms with van der Waals surface area (Å²) in [4.78, 5) is 16.3. The lowest BCUT2D eigenvalue weighted by Gasteiger charge is -2.38. The van der Waals surface area contributed by atoms with Crippen molar-refractivity contribution in [3.8, 4) is 12.1 Å². The highest BCUT2D eigenvalue weighted by atomic mass is 16.2. The molecule has 0 radical (unpaired) electrons. The monoisotopic (exact) mass is 306 g/mol. The fraction of sp³-hybridized carbons (Fsp3) is 0.389. The largest absolute Gasteiger partial charge is 0.335 e. The average Bonchev–Trinajstić information content (AvgIpc) is 3.44. The Balaban J connectivity index is 1.63. The Kier molecular flexibility index (Phi) is 4.41. The van der Waals surface area contributed by atoms with Crippen LogP contribution in [0.5, 0.6) is 0 Å². The molecule has 5 nitrogen and oxygen atoms in total. The molecule has 2 fully saturated rings. The van der Waals surface area contributed by atoms with Crippen LogP contribution in [0.2, 0.25) is 0 Å². The van der Waals surface area contributed by atoms with E-state index in [2.05, 4.69) is 17.0 Å². The molecule has 1 aliphatic carbocycles. The summed E-state index contributed by atoms with van der Waals surface area (Å²) in [6.45, 7) is 1.90. The average molecular weight is 306 g/mol.